The predicted octanol–water partition coefficient (Wildman–Crippen LogP) is 3.10. The number of carbonyl (C=O) groups excluding carboxylic acids is 2. The first-order valence-electron chi connectivity index (χ1n) is 9.66. The topological polar surface area (TPSA) is 40.6 Å². The number of hydrogen-bond donors (Lipinski definition) is 0. The van der Waals surface area contributed by atoms with Gasteiger partial charge in [-0.2, -0.15) is 0 Å². The lowest BCUT2D eigenvalue weighted by molar-refractivity contribution is -0.148. The largest absolute Gasteiger partial charge is 0.346 e. The summed E-state index contributed by atoms with van der Waals surface area (Å²) in [5, 5.41) is 0. The monoisotopic (exact) mass is 340 g/mol. The number of amides is 2. The second-order valence-corrected chi connectivity index (χ2v) is 8.16. The summed E-state index contributed by atoms with van der Waals surface area (Å²) in [6, 6.07) is 9.42. The number of benzene rings is 1. The minimum atomic E-state index is -0.0955. The summed E-state index contributed by atoms with van der Waals surface area (Å²) in [5.74, 6) is 0.852. The molecule has 25 heavy (non-hydrogen) atoms. The minimum absolute atomic E-state index is 0.0955. The van der Waals surface area contributed by atoms with Crippen molar-refractivity contribution in [3.8, 4) is 0 Å². The number of hydrogen-bond acceptors (Lipinski definition) is 2. The van der Waals surface area contributed by atoms with Gasteiger partial charge >= 0.3 is 0 Å². The minimum Gasteiger partial charge on any atom is -0.346 e. The Bertz CT molecular complexity index is 676. The van der Waals surface area contributed by atoms with E-state index in [1.807, 2.05) is 7.05 Å². The van der Waals surface area contributed by atoms with Crippen molar-refractivity contribution >= 4 is 11.8 Å². The van der Waals surface area contributed by atoms with E-state index in [4.69, 9.17) is 0 Å². The van der Waals surface area contributed by atoms with Crippen molar-refractivity contribution < 1.29 is 9.59 Å². The fourth-order valence-electron chi connectivity index (χ4n) is 4.49. The van der Waals surface area contributed by atoms with Gasteiger partial charge in [0.15, 0.2) is 0 Å². The van der Waals surface area contributed by atoms with Crippen LogP contribution < -0.4 is 0 Å². The molecule has 2 aliphatic carbocycles. The summed E-state index contributed by atoms with van der Waals surface area (Å²) in [5.41, 5.74) is 2.80. The number of nitrogens with zero attached hydrogens (tertiary/aromatic N) is 2. The van der Waals surface area contributed by atoms with Crippen LogP contribution in [0.3, 0.4) is 0 Å². The maximum absolute atomic E-state index is 13.1. The molecule has 134 valence electrons. The number of rotatable bonds is 4. The highest BCUT2D eigenvalue weighted by Gasteiger charge is 2.46. The van der Waals surface area contributed by atoms with E-state index < -0.39 is 0 Å². The normalized spacial score (nSPS) is 29.3. The maximum Gasteiger partial charge on any atom is 0.226 e. The summed E-state index contributed by atoms with van der Waals surface area (Å²) in [7, 11) is 1.83. The van der Waals surface area contributed by atoms with Gasteiger partial charge in [-0.05, 0) is 56.1 Å². The van der Waals surface area contributed by atoms with Gasteiger partial charge in [-0.3, -0.25) is 9.59 Å². The molecular weight excluding hydrogens is 312 g/mol. The van der Waals surface area contributed by atoms with Crippen molar-refractivity contribution in [1.29, 1.82) is 0 Å². The van der Waals surface area contributed by atoms with Crippen molar-refractivity contribution in [1.82, 2.24) is 9.80 Å². The maximum atomic E-state index is 13.1. The van der Waals surface area contributed by atoms with E-state index in [0.29, 0.717) is 31.0 Å². The highest BCUT2D eigenvalue weighted by atomic mass is 16.2. The standard InChI is InChI=1S/C21H28N2O2/c1-14-5-3-4-6-19(14)16-11-18(12-16)23(17-7-8-17)21(25)15-9-10-22(2)20(24)13-15/h3-6,15-18H,7-13H2,1-2H3. The molecule has 0 N–H and O–H groups in total. The summed E-state index contributed by atoms with van der Waals surface area (Å²) in [6.07, 6.45) is 5.64. The Hall–Kier alpha value is -1.84. The van der Waals surface area contributed by atoms with Crippen LogP contribution in [-0.2, 0) is 9.59 Å². The van der Waals surface area contributed by atoms with Crippen LogP contribution in [0.4, 0.5) is 0 Å². The molecule has 1 aromatic rings. The lowest BCUT2D eigenvalue weighted by Gasteiger charge is -2.45. The van der Waals surface area contributed by atoms with Crippen LogP contribution in [0.1, 0.15) is 55.6 Å². The molecule has 2 amide bonds. The van der Waals surface area contributed by atoms with E-state index in [-0.39, 0.29) is 17.7 Å². The van der Waals surface area contributed by atoms with Gasteiger partial charge in [0, 0.05) is 38.0 Å². The van der Waals surface area contributed by atoms with Crippen LogP contribution >= 0.6 is 0 Å². The average molecular weight is 340 g/mol. The fourth-order valence-corrected chi connectivity index (χ4v) is 4.49. The first-order valence-corrected chi connectivity index (χ1v) is 9.66. The van der Waals surface area contributed by atoms with Crippen molar-refractivity contribution in [2.45, 2.75) is 63.5 Å². The molecule has 1 atom stereocenters. The molecule has 0 aromatic heterocycles. The third-order valence-electron chi connectivity index (χ3n) is 6.34. The van der Waals surface area contributed by atoms with Crippen molar-refractivity contribution in [3.05, 3.63) is 35.4 Å². The zero-order valence-electron chi connectivity index (χ0n) is 15.3. The molecule has 0 spiro atoms. The Kier molecular flexibility index (Phi) is 4.30. The van der Waals surface area contributed by atoms with E-state index in [0.717, 1.165) is 32.1 Å². The Morgan fingerprint density at radius 2 is 1.84 bits per heavy atom. The van der Waals surface area contributed by atoms with E-state index in [2.05, 4.69) is 36.1 Å². The number of carbonyl (C=O) groups is 2. The molecule has 0 radical (unpaired) electrons. The van der Waals surface area contributed by atoms with Gasteiger partial charge in [0.25, 0.3) is 0 Å². The lowest BCUT2D eigenvalue weighted by Crippen LogP contribution is -2.52. The van der Waals surface area contributed by atoms with Gasteiger partial charge in [-0.15, -0.1) is 0 Å². The van der Waals surface area contributed by atoms with Crippen LogP contribution in [0.2, 0.25) is 0 Å². The highest BCUT2D eigenvalue weighted by Crippen LogP contribution is 2.45. The first kappa shape index (κ1) is 16.6. The predicted molar refractivity (Wildman–Crippen MR) is 97.2 cm³/mol. The quantitative estimate of drug-likeness (QED) is 0.845. The van der Waals surface area contributed by atoms with Gasteiger partial charge in [0.05, 0.1) is 0 Å². The SMILES string of the molecule is Cc1ccccc1C1CC(N(C(=O)C2CCN(C)C(=O)C2)C2CC2)C1. The van der Waals surface area contributed by atoms with E-state index in [9.17, 15) is 9.59 Å². The van der Waals surface area contributed by atoms with E-state index >= 15 is 0 Å². The van der Waals surface area contributed by atoms with Gasteiger partial charge in [-0.25, -0.2) is 0 Å². The van der Waals surface area contributed by atoms with Crippen LogP contribution in [0.25, 0.3) is 0 Å². The van der Waals surface area contributed by atoms with Gasteiger partial charge in [-0.1, -0.05) is 24.3 Å². The van der Waals surface area contributed by atoms with Gasteiger partial charge < -0.3 is 9.80 Å². The van der Waals surface area contributed by atoms with Crippen LogP contribution in [0, 0.1) is 12.8 Å². The van der Waals surface area contributed by atoms with Crippen LogP contribution in [0.5, 0.6) is 0 Å². The molecule has 4 nitrogen and oxygen atoms in total. The van der Waals surface area contributed by atoms with E-state index in [1.165, 1.54) is 11.1 Å². The lowest BCUT2D eigenvalue weighted by atomic mass is 9.73. The summed E-state index contributed by atoms with van der Waals surface area (Å²) in [4.78, 5) is 29.1. The van der Waals surface area contributed by atoms with Gasteiger partial charge in [0.1, 0.15) is 0 Å². The Morgan fingerprint density at radius 3 is 2.48 bits per heavy atom. The Labute approximate surface area is 150 Å². The van der Waals surface area contributed by atoms with E-state index in [1.54, 1.807) is 4.90 Å². The molecule has 2 saturated carbocycles. The summed E-state index contributed by atoms with van der Waals surface area (Å²) < 4.78 is 0. The number of piperidine rings is 1. The fraction of sp³-hybridized carbons (Fsp3) is 0.619. The number of likely N-dealkylation sites (tertiary alicyclic amines) is 1. The molecule has 1 aliphatic heterocycles. The molecule has 0 bridgehead atoms. The first-order chi connectivity index (χ1) is 12.0. The molecule has 1 heterocycles. The number of aryl methyl sites for hydroxylation is 1. The Balaban J connectivity index is 1.42. The average Bonchev–Trinajstić information content (AvgIpc) is 3.38. The zero-order chi connectivity index (χ0) is 17.6. The zero-order valence-corrected chi connectivity index (χ0v) is 15.3. The summed E-state index contributed by atoms with van der Waals surface area (Å²) in [6.45, 7) is 2.89. The summed E-state index contributed by atoms with van der Waals surface area (Å²) >= 11 is 0. The van der Waals surface area contributed by atoms with Crippen molar-refractivity contribution in [2.24, 2.45) is 5.92 Å². The second-order valence-electron chi connectivity index (χ2n) is 8.16. The second kappa shape index (κ2) is 6.47. The Morgan fingerprint density at radius 1 is 1.12 bits per heavy atom. The van der Waals surface area contributed by atoms with Crippen molar-refractivity contribution in [2.75, 3.05) is 13.6 Å². The third kappa shape index (κ3) is 3.19. The van der Waals surface area contributed by atoms with Crippen molar-refractivity contribution in [3.63, 3.8) is 0 Å². The molecule has 1 unspecified atom stereocenters. The van der Waals surface area contributed by atoms with Crippen LogP contribution in [0.15, 0.2) is 24.3 Å². The third-order valence-corrected chi connectivity index (χ3v) is 6.34. The smallest absolute Gasteiger partial charge is 0.226 e. The highest BCUT2D eigenvalue weighted by molar-refractivity contribution is 5.87. The van der Waals surface area contributed by atoms with Gasteiger partial charge in [0.2, 0.25) is 11.8 Å². The molecule has 1 saturated heterocycles. The molecule has 4 heteroatoms. The molecule has 1 aromatic carbocycles. The molecular formula is C21H28N2O2. The van der Waals surface area contributed by atoms with Crippen LogP contribution in [-0.4, -0.2) is 47.3 Å². The molecule has 4 rings (SSSR count). The molecule has 3 fully saturated rings. The molecule has 3 aliphatic rings.